The molecule has 0 unspecified atom stereocenters. The van der Waals surface area contributed by atoms with Gasteiger partial charge in [0.15, 0.2) is 0 Å². The molecule has 2 aliphatic rings. The number of aromatic nitrogens is 1. The third-order valence-corrected chi connectivity index (χ3v) is 5.36. The number of hydrogen-bond acceptors (Lipinski definition) is 2. The molecule has 1 saturated carbocycles. The first kappa shape index (κ1) is 14.4. The molecular formula is C20H22N2O. The van der Waals surface area contributed by atoms with Crippen molar-refractivity contribution in [2.45, 2.75) is 38.1 Å². The van der Waals surface area contributed by atoms with Gasteiger partial charge in [0.2, 0.25) is 5.91 Å². The third-order valence-electron chi connectivity index (χ3n) is 5.36. The van der Waals surface area contributed by atoms with E-state index in [4.69, 9.17) is 0 Å². The third kappa shape index (κ3) is 2.44. The molecule has 2 aliphatic carbocycles. The lowest BCUT2D eigenvalue weighted by Crippen LogP contribution is -2.35. The molecule has 23 heavy (non-hydrogen) atoms. The molecule has 4 rings (SSSR count). The summed E-state index contributed by atoms with van der Waals surface area (Å²) in [5.41, 5.74) is 3.95. The second kappa shape index (κ2) is 5.48. The van der Waals surface area contributed by atoms with Crippen LogP contribution >= 0.6 is 0 Å². The molecule has 4 atom stereocenters. The maximum Gasteiger partial charge on any atom is 0.228 e. The van der Waals surface area contributed by atoms with Crippen LogP contribution in [0.15, 0.2) is 48.8 Å². The molecule has 0 radical (unpaired) electrons. The molecule has 0 spiro atoms. The summed E-state index contributed by atoms with van der Waals surface area (Å²) in [4.78, 5) is 16.9. The topological polar surface area (TPSA) is 42.0 Å². The quantitative estimate of drug-likeness (QED) is 0.942. The second-order valence-electron chi connectivity index (χ2n) is 7.13. The Hall–Kier alpha value is -2.16. The molecule has 3 heteroatoms. The molecule has 1 aromatic heterocycles. The van der Waals surface area contributed by atoms with Crippen LogP contribution < -0.4 is 5.32 Å². The summed E-state index contributed by atoms with van der Waals surface area (Å²) in [5.74, 6) is 1.45. The van der Waals surface area contributed by atoms with Gasteiger partial charge < -0.3 is 5.32 Å². The molecule has 3 nitrogen and oxygen atoms in total. The van der Waals surface area contributed by atoms with Crippen LogP contribution in [0.5, 0.6) is 0 Å². The fourth-order valence-electron chi connectivity index (χ4n) is 4.21. The Morgan fingerprint density at radius 3 is 2.65 bits per heavy atom. The van der Waals surface area contributed by atoms with Gasteiger partial charge in [-0.05, 0) is 47.1 Å². The number of carbonyl (C=O) groups excluding carboxylic acids is 1. The van der Waals surface area contributed by atoms with Gasteiger partial charge in [-0.25, -0.2) is 0 Å². The van der Waals surface area contributed by atoms with Gasteiger partial charge >= 0.3 is 0 Å². The van der Waals surface area contributed by atoms with E-state index in [1.54, 1.807) is 12.4 Å². The second-order valence-corrected chi connectivity index (χ2v) is 7.13. The molecule has 1 heterocycles. The van der Waals surface area contributed by atoms with E-state index < -0.39 is 0 Å². The van der Waals surface area contributed by atoms with Gasteiger partial charge in [0.1, 0.15) is 0 Å². The molecule has 1 N–H and O–H groups in total. The van der Waals surface area contributed by atoms with Crippen molar-refractivity contribution < 1.29 is 4.79 Å². The summed E-state index contributed by atoms with van der Waals surface area (Å²) in [5, 5.41) is 3.32. The first-order valence-electron chi connectivity index (χ1n) is 8.45. The number of pyridine rings is 1. The van der Waals surface area contributed by atoms with Crippen molar-refractivity contribution in [2.24, 2.45) is 11.8 Å². The fraction of sp³-hybridized carbons (Fsp3) is 0.400. The molecule has 1 fully saturated rings. The number of nitrogens with zero attached hydrogens (tertiary/aromatic N) is 1. The number of carbonyl (C=O) groups is 1. The van der Waals surface area contributed by atoms with Crippen molar-refractivity contribution in [3.63, 3.8) is 0 Å². The Kier molecular flexibility index (Phi) is 3.44. The van der Waals surface area contributed by atoms with Gasteiger partial charge in [-0.3, -0.25) is 9.78 Å². The SMILES string of the molecule is CC(C)[C@H](C(=O)N[C@@H]1[C@@H]2Cc3ccccc3[C@@H]21)c1ccncc1. The molecule has 0 bridgehead atoms. The number of amides is 1. The number of benzene rings is 1. The highest BCUT2D eigenvalue weighted by Gasteiger charge is 2.56. The van der Waals surface area contributed by atoms with Crippen molar-refractivity contribution >= 4 is 5.91 Å². The van der Waals surface area contributed by atoms with E-state index in [0.717, 1.165) is 12.0 Å². The highest BCUT2D eigenvalue weighted by molar-refractivity contribution is 5.84. The lowest BCUT2D eigenvalue weighted by molar-refractivity contribution is -0.123. The summed E-state index contributed by atoms with van der Waals surface area (Å²) in [6.07, 6.45) is 4.63. The van der Waals surface area contributed by atoms with Crippen molar-refractivity contribution in [1.82, 2.24) is 10.3 Å². The van der Waals surface area contributed by atoms with E-state index >= 15 is 0 Å². The van der Waals surface area contributed by atoms with Crippen LogP contribution in [-0.2, 0) is 11.2 Å². The average molecular weight is 306 g/mol. The van der Waals surface area contributed by atoms with E-state index in [9.17, 15) is 4.79 Å². The zero-order chi connectivity index (χ0) is 16.0. The van der Waals surface area contributed by atoms with E-state index in [-0.39, 0.29) is 17.7 Å². The maximum atomic E-state index is 12.8. The largest absolute Gasteiger partial charge is 0.352 e. The van der Waals surface area contributed by atoms with Crippen LogP contribution in [0.2, 0.25) is 0 Å². The van der Waals surface area contributed by atoms with Gasteiger partial charge in [0.05, 0.1) is 5.92 Å². The van der Waals surface area contributed by atoms with E-state index in [1.807, 2.05) is 12.1 Å². The monoisotopic (exact) mass is 306 g/mol. The number of fused-ring (bicyclic) bond motifs is 3. The Morgan fingerprint density at radius 2 is 1.91 bits per heavy atom. The van der Waals surface area contributed by atoms with Gasteiger partial charge in [0.25, 0.3) is 0 Å². The lowest BCUT2D eigenvalue weighted by atomic mass is 9.88. The van der Waals surface area contributed by atoms with Crippen LogP contribution in [-0.4, -0.2) is 16.9 Å². The molecule has 1 aromatic carbocycles. The zero-order valence-corrected chi connectivity index (χ0v) is 13.6. The van der Waals surface area contributed by atoms with Crippen LogP contribution in [0.25, 0.3) is 0 Å². The van der Waals surface area contributed by atoms with Crippen LogP contribution in [0, 0.1) is 11.8 Å². The molecule has 0 aliphatic heterocycles. The maximum absolute atomic E-state index is 12.8. The minimum Gasteiger partial charge on any atom is -0.352 e. The first-order valence-corrected chi connectivity index (χ1v) is 8.45. The summed E-state index contributed by atoms with van der Waals surface area (Å²) in [6, 6.07) is 12.9. The van der Waals surface area contributed by atoms with Crippen LogP contribution in [0.1, 0.15) is 42.4 Å². The van der Waals surface area contributed by atoms with E-state index in [2.05, 4.69) is 48.4 Å². The van der Waals surface area contributed by atoms with E-state index in [0.29, 0.717) is 17.9 Å². The van der Waals surface area contributed by atoms with Crippen molar-refractivity contribution in [3.8, 4) is 0 Å². The van der Waals surface area contributed by atoms with Crippen molar-refractivity contribution in [1.29, 1.82) is 0 Å². The Morgan fingerprint density at radius 1 is 1.17 bits per heavy atom. The van der Waals surface area contributed by atoms with Crippen molar-refractivity contribution in [3.05, 3.63) is 65.5 Å². The first-order chi connectivity index (χ1) is 11.2. The fourth-order valence-corrected chi connectivity index (χ4v) is 4.21. The van der Waals surface area contributed by atoms with Gasteiger partial charge in [-0.2, -0.15) is 0 Å². The van der Waals surface area contributed by atoms with Gasteiger partial charge in [0, 0.05) is 24.4 Å². The molecular weight excluding hydrogens is 284 g/mol. The predicted molar refractivity (Wildman–Crippen MR) is 90.1 cm³/mol. The number of hydrogen-bond donors (Lipinski definition) is 1. The minimum absolute atomic E-state index is 0.102. The average Bonchev–Trinajstić information content (AvgIpc) is 3.05. The Bertz CT molecular complexity index is 725. The van der Waals surface area contributed by atoms with Gasteiger partial charge in [-0.1, -0.05) is 38.1 Å². The lowest BCUT2D eigenvalue weighted by Gasteiger charge is -2.21. The molecule has 1 amide bonds. The Labute approximate surface area is 137 Å². The molecule has 2 aromatic rings. The summed E-state index contributed by atoms with van der Waals surface area (Å²) in [7, 11) is 0. The van der Waals surface area contributed by atoms with Crippen molar-refractivity contribution in [2.75, 3.05) is 0 Å². The summed E-state index contributed by atoms with van der Waals surface area (Å²) in [6.45, 7) is 4.21. The minimum atomic E-state index is -0.102. The standard InChI is InChI=1S/C20H22N2O/c1-12(2)17(13-7-9-21-10-8-13)20(23)22-19-16-11-14-5-3-4-6-15(14)18(16)19/h3-10,12,16-19H,11H2,1-2H3,(H,22,23)/t16-,17+,18+,19-/m1/s1. The molecule has 118 valence electrons. The highest BCUT2D eigenvalue weighted by Crippen LogP contribution is 2.56. The molecule has 0 saturated heterocycles. The number of nitrogens with one attached hydrogen (secondary N) is 1. The number of rotatable bonds is 4. The summed E-state index contributed by atoms with van der Waals surface area (Å²) >= 11 is 0. The Balaban J connectivity index is 1.49. The normalized spacial score (nSPS) is 25.6. The smallest absolute Gasteiger partial charge is 0.228 e. The summed E-state index contributed by atoms with van der Waals surface area (Å²) < 4.78 is 0. The van der Waals surface area contributed by atoms with Crippen LogP contribution in [0.3, 0.4) is 0 Å². The zero-order valence-electron chi connectivity index (χ0n) is 13.6. The van der Waals surface area contributed by atoms with E-state index in [1.165, 1.54) is 11.1 Å². The highest BCUT2D eigenvalue weighted by atomic mass is 16.2. The predicted octanol–water partition coefficient (Wildman–Crippen LogP) is 3.28. The van der Waals surface area contributed by atoms with Crippen LogP contribution in [0.4, 0.5) is 0 Å². The van der Waals surface area contributed by atoms with Gasteiger partial charge in [-0.15, -0.1) is 0 Å².